The van der Waals surface area contributed by atoms with Crippen molar-refractivity contribution in [3.63, 3.8) is 0 Å². The fourth-order valence-corrected chi connectivity index (χ4v) is 9.17. The molecule has 8 heterocycles. The summed E-state index contributed by atoms with van der Waals surface area (Å²) in [6, 6.07) is 0. The van der Waals surface area contributed by atoms with Gasteiger partial charge in [0.05, 0.1) is 159 Å². The number of ether oxygens (including phenoxy) is 5. The standard InChI is InChI=1S/C9H18N2O.C8H17NO.C7H16N2.2C7H15NO.C6H13NO.C5H10FN/c1-10-6-9(7-10)8-11-2-4-12-5-3-11;1-3-10-5-4-8-6-9(2)7-8;1-8(2)4-7-5-9(3)6-7;1-8-5-7(6-8)3-4-9-2;1-3-9-6-7-4-8(2)5-7;1-7-3-6(4-7)5-8-2;1-7-3-5(2-6)4-7/h9-10H,1-8H2;8-9H,2-7H2,1H3;7,9H,3-6H2,1-2H3;7-8H,1,3-6H2,2H3;7-8H,2-6H2,1H3;6-7H,1,3-5H2,2H3;5,7H,1-4H2. The maximum absolute atomic E-state index is 11.6. The van der Waals surface area contributed by atoms with Crippen molar-refractivity contribution >= 4 is 0 Å². The van der Waals surface area contributed by atoms with Crippen molar-refractivity contribution in [1.29, 1.82) is 0 Å². The number of likely N-dealkylation sites (tertiary alicyclic amines) is 7. The fourth-order valence-electron chi connectivity index (χ4n) is 9.17. The summed E-state index contributed by atoms with van der Waals surface area (Å²) in [4.78, 5) is 14.4. The minimum Gasteiger partial charge on any atom is -0.467 e. The van der Waals surface area contributed by atoms with Crippen molar-refractivity contribution in [2.45, 2.75) is 26.7 Å². The molecule has 8 aliphatic rings. The molecule has 14 nitrogen and oxygen atoms in total. The van der Waals surface area contributed by atoms with E-state index in [-0.39, 0.29) is 6.67 Å². The molecule has 64 heavy (non-hydrogen) atoms. The number of methoxy groups -OCH3 is 2. The molecule has 8 fully saturated rings. The molecule has 0 aromatic carbocycles. The number of hydrogen-bond donors (Lipinski definition) is 7. The first kappa shape index (κ1) is 59.5. The largest absolute Gasteiger partial charge is 0.467 e. The van der Waals surface area contributed by atoms with Crippen LogP contribution in [0.4, 0.5) is 4.39 Å². The third-order valence-corrected chi connectivity index (χ3v) is 13.1. The van der Waals surface area contributed by atoms with Gasteiger partial charge in [-0.05, 0) is 40.8 Å². The van der Waals surface area contributed by atoms with E-state index in [0.29, 0.717) is 5.92 Å². The Morgan fingerprint density at radius 3 is 1.28 bits per heavy atom. The molecule has 0 unspecified atom stereocenters. The zero-order chi connectivity index (χ0) is 47.3. The summed E-state index contributed by atoms with van der Waals surface area (Å²) >= 11 is 0. The van der Waals surface area contributed by atoms with Crippen LogP contribution in [-0.2, 0) is 23.7 Å². The van der Waals surface area contributed by atoms with E-state index < -0.39 is 0 Å². The topological polar surface area (TPSA) is 83.7 Å². The molecule has 0 spiro atoms. The van der Waals surface area contributed by atoms with Crippen molar-refractivity contribution in [3.8, 4) is 0 Å². The number of alkyl halides is 1. The van der Waals surface area contributed by atoms with Crippen LogP contribution in [0.3, 0.4) is 0 Å². The molecule has 8 rings (SSSR count). The Morgan fingerprint density at radius 1 is 0.516 bits per heavy atom. The third kappa shape index (κ3) is 28.0. The molecule has 0 bridgehead atoms. The molecule has 0 saturated carbocycles. The van der Waals surface area contributed by atoms with Crippen molar-refractivity contribution in [3.05, 3.63) is 49.3 Å². The van der Waals surface area contributed by atoms with Gasteiger partial charge in [-0.25, -0.2) is 0 Å². The molecule has 0 radical (unpaired) electrons. The van der Waals surface area contributed by atoms with Gasteiger partial charge in [-0.15, -0.1) is 0 Å². The predicted molar refractivity (Wildman–Crippen MR) is 255 cm³/mol. The average Bonchev–Trinajstić information content (AvgIpc) is 3.18. The van der Waals surface area contributed by atoms with E-state index in [9.17, 15) is 4.39 Å². The summed E-state index contributed by atoms with van der Waals surface area (Å²) in [6.45, 7) is 32.6. The average molecular weight is 918 g/mol. The van der Waals surface area contributed by atoms with Crippen molar-refractivity contribution < 1.29 is 62.4 Å². The Hall–Kier alpha value is -0.630. The summed E-state index contributed by atoms with van der Waals surface area (Å²) < 4.78 is 37.3. The first-order chi connectivity index (χ1) is 30.7. The Balaban J connectivity index is 0.000000258. The van der Waals surface area contributed by atoms with Crippen LogP contribution in [-0.4, -0.2) is 215 Å². The SMILES string of the molecule is [CH2-][NH+]1CC(CCOC)C1.[CH2-][NH+]1CC(CCOCC)C1.[CH2-][NH+]1CC(CF)C1.[CH2-][NH+]1CC(CN(C)C)C1.[CH2-][NH+]1CC(CN2CCOCC2)C1.[CH2-][NH+]1CC(COC)C1.[CH2-][NH+]1CC(COCC)C1. The van der Waals surface area contributed by atoms with E-state index in [4.69, 9.17) is 23.7 Å². The zero-order valence-corrected chi connectivity index (χ0v) is 42.3. The lowest BCUT2D eigenvalue weighted by Crippen LogP contribution is -3.16. The molecule has 8 saturated heterocycles. The second kappa shape index (κ2) is 35.5. The van der Waals surface area contributed by atoms with Gasteiger partial charge in [-0.1, -0.05) is 0 Å². The lowest BCUT2D eigenvalue weighted by Gasteiger charge is -2.41. The van der Waals surface area contributed by atoms with Crippen LogP contribution in [0.25, 0.3) is 0 Å². The fraction of sp³-hybridized carbons (Fsp3) is 0.857. The van der Waals surface area contributed by atoms with Gasteiger partial charge in [0.2, 0.25) is 0 Å². The first-order valence-electron chi connectivity index (χ1n) is 25.0. The van der Waals surface area contributed by atoms with Crippen molar-refractivity contribution in [1.82, 2.24) is 9.80 Å². The minimum atomic E-state index is -0.154. The van der Waals surface area contributed by atoms with E-state index in [0.717, 1.165) is 115 Å². The molecule has 15 heteroatoms. The molecular weight excluding hydrogens is 814 g/mol. The zero-order valence-electron chi connectivity index (χ0n) is 42.3. The van der Waals surface area contributed by atoms with Crippen molar-refractivity contribution in [2.75, 3.05) is 206 Å². The number of hydrogen-bond acceptors (Lipinski definition) is 7. The normalized spacial score (nSPS) is 35.5. The Morgan fingerprint density at radius 2 is 0.906 bits per heavy atom. The minimum absolute atomic E-state index is 0.154. The molecule has 0 aromatic rings. The monoisotopic (exact) mass is 918 g/mol. The predicted octanol–water partition coefficient (Wildman–Crippen LogP) is -5.94. The van der Waals surface area contributed by atoms with Gasteiger partial charge in [-0.2, -0.15) is 49.3 Å². The van der Waals surface area contributed by atoms with Gasteiger partial charge < -0.3 is 62.9 Å². The van der Waals surface area contributed by atoms with Crippen LogP contribution in [0.15, 0.2) is 0 Å². The van der Waals surface area contributed by atoms with E-state index in [1.54, 1.807) is 14.2 Å². The molecule has 382 valence electrons. The van der Waals surface area contributed by atoms with E-state index in [1.165, 1.54) is 139 Å². The van der Waals surface area contributed by atoms with Crippen LogP contribution in [0.2, 0.25) is 0 Å². The second-order valence-electron chi connectivity index (χ2n) is 20.4. The highest BCUT2D eigenvalue weighted by molar-refractivity contribution is 4.71. The number of nitrogens with zero attached hydrogens (tertiary/aromatic N) is 2. The van der Waals surface area contributed by atoms with Crippen LogP contribution in [0, 0.1) is 90.8 Å². The lowest BCUT2D eigenvalue weighted by molar-refractivity contribution is -0.907. The van der Waals surface area contributed by atoms with Crippen molar-refractivity contribution in [2.24, 2.45) is 41.4 Å². The summed E-state index contributed by atoms with van der Waals surface area (Å²) in [5.74, 6) is 5.48. The maximum Gasteiger partial charge on any atom is 0.103 e. The van der Waals surface area contributed by atoms with Gasteiger partial charge in [0.15, 0.2) is 0 Å². The summed E-state index contributed by atoms with van der Waals surface area (Å²) in [7, 11) is 34.8. The highest BCUT2D eigenvalue weighted by atomic mass is 19.1. The highest BCUT2D eigenvalue weighted by Crippen LogP contribution is 2.06. The Labute approximate surface area is 394 Å². The van der Waals surface area contributed by atoms with E-state index in [2.05, 4.69) is 73.2 Å². The highest BCUT2D eigenvalue weighted by Gasteiger charge is 2.28. The van der Waals surface area contributed by atoms with Crippen LogP contribution < -0.4 is 34.3 Å². The second-order valence-corrected chi connectivity index (χ2v) is 20.4. The first-order valence-corrected chi connectivity index (χ1v) is 25.0. The molecule has 8 aliphatic heterocycles. The Bertz CT molecular complexity index is 1040. The maximum atomic E-state index is 11.6. The third-order valence-electron chi connectivity index (χ3n) is 13.1. The number of morpholine rings is 1. The Kier molecular flexibility index (Phi) is 33.0. The van der Waals surface area contributed by atoms with Gasteiger partial charge in [0, 0.05) is 66.8 Å². The number of rotatable bonds is 17. The quantitative estimate of drug-likeness (QED) is 0.0580. The van der Waals surface area contributed by atoms with Crippen LogP contribution in [0.5, 0.6) is 0 Å². The van der Waals surface area contributed by atoms with E-state index >= 15 is 0 Å². The number of nitrogens with one attached hydrogen (secondary N) is 7. The number of quaternary nitrogens is 7. The summed E-state index contributed by atoms with van der Waals surface area (Å²) in [5, 5.41) is 0. The van der Waals surface area contributed by atoms with Crippen LogP contribution >= 0.6 is 0 Å². The van der Waals surface area contributed by atoms with Gasteiger partial charge in [0.1, 0.15) is 6.67 Å². The molecule has 0 amide bonds. The van der Waals surface area contributed by atoms with Crippen LogP contribution in [0.1, 0.15) is 26.7 Å². The molecule has 0 atom stereocenters. The van der Waals surface area contributed by atoms with Gasteiger partial charge in [-0.3, -0.25) is 9.29 Å². The molecule has 0 aliphatic carbocycles. The lowest BCUT2D eigenvalue weighted by atomic mass is 9.98. The molecular formula is C49H104FN9O5. The van der Waals surface area contributed by atoms with E-state index in [1.807, 2.05) is 13.8 Å². The van der Waals surface area contributed by atoms with Gasteiger partial charge >= 0.3 is 0 Å². The molecule has 7 N–H and O–H groups in total. The summed E-state index contributed by atoms with van der Waals surface area (Å²) in [5.41, 5.74) is 0. The molecule has 0 aromatic heterocycles. The van der Waals surface area contributed by atoms with Gasteiger partial charge in [0.25, 0.3) is 0 Å². The summed E-state index contributed by atoms with van der Waals surface area (Å²) in [6.07, 6.45) is 2.45. The number of halogens is 1. The smallest absolute Gasteiger partial charge is 0.103 e.